The van der Waals surface area contributed by atoms with E-state index in [1.54, 1.807) is 19.1 Å². The van der Waals surface area contributed by atoms with Gasteiger partial charge in [0.25, 0.3) is 5.91 Å². The number of benzene rings is 2. The molecule has 2 aliphatic heterocycles. The number of fused-ring (bicyclic) bond motifs is 1. The third-order valence-electron chi connectivity index (χ3n) is 6.10. The summed E-state index contributed by atoms with van der Waals surface area (Å²) >= 11 is 0. The van der Waals surface area contributed by atoms with Crippen molar-refractivity contribution in [2.45, 2.75) is 45.2 Å². The van der Waals surface area contributed by atoms with Crippen molar-refractivity contribution in [2.75, 3.05) is 16.3 Å². The quantitative estimate of drug-likeness (QED) is 0.517. The highest BCUT2D eigenvalue weighted by atomic mass is 32.2. The lowest BCUT2D eigenvalue weighted by Gasteiger charge is -2.35. The van der Waals surface area contributed by atoms with Crippen LogP contribution in [-0.4, -0.2) is 45.0 Å². The number of hydrogen-bond donors (Lipinski definition) is 3. The highest BCUT2D eigenvalue weighted by Gasteiger charge is 2.47. The van der Waals surface area contributed by atoms with E-state index in [1.165, 1.54) is 29.2 Å². The maximum Gasteiger partial charge on any atom is 0.260 e. The molecule has 3 N–H and O–H groups in total. The van der Waals surface area contributed by atoms with Crippen LogP contribution in [-0.2, 0) is 31.2 Å². The molecule has 2 aromatic rings. The van der Waals surface area contributed by atoms with E-state index in [4.69, 9.17) is 0 Å². The predicted molar refractivity (Wildman–Crippen MR) is 138 cm³/mol. The zero-order chi connectivity index (χ0) is 27.5. The van der Waals surface area contributed by atoms with Gasteiger partial charge in [-0.25, -0.2) is 21.2 Å². The summed E-state index contributed by atoms with van der Waals surface area (Å²) in [5, 5.41) is 15.0. The average molecular weight is 550 g/mol. The zero-order valence-corrected chi connectivity index (χ0v) is 22.6. The molecule has 1 atom stereocenters. The molecule has 0 aliphatic carbocycles. The Morgan fingerprint density at radius 2 is 1.84 bits per heavy atom. The molecule has 4 rings (SSSR count). The number of carbonyl (C=O) groups excluding carboxylic acids is 1. The summed E-state index contributed by atoms with van der Waals surface area (Å²) in [4.78, 5) is 14.9. The molecule has 0 unspecified atom stereocenters. The van der Waals surface area contributed by atoms with Crippen molar-refractivity contribution in [1.29, 1.82) is 0 Å². The van der Waals surface area contributed by atoms with Gasteiger partial charge in [-0.1, -0.05) is 32.9 Å². The van der Waals surface area contributed by atoms with E-state index in [2.05, 4.69) is 10.0 Å². The van der Waals surface area contributed by atoms with Gasteiger partial charge in [-0.2, -0.15) is 0 Å². The minimum atomic E-state index is -4.11. The summed E-state index contributed by atoms with van der Waals surface area (Å²) in [6.45, 7) is 7.23. The summed E-state index contributed by atoms with van der Waals surface area (Å²) in [6, 6.07) is 7.67. The van der Waals surface area contributed by atoms with Crippen molar-refractivity contribution in [2.24, 2.45) is 5.41 Å². The summed E-state index contributed by atoms with van der Waals surface area (Å²) in [5.41, 5.74) is 0.384. The predicted octanol–water partition coefficient (Wildman–Crippen LogP) is 3.82. The van der Waals surface area contributed by atoms with Crippen LogP contribution in [0.15, 0.2) is 63.7 Å². The largest absolute Gasteiger partial charge is 0.509 e. The molecule has 9 nitrogen and oxygen atoms in total. The summed E-state index contributed by atoms with van der Waals surface area (Å²) in [7, 11) is -7.74. The lowest BCUT2D eigenvalue weighted by atomic mass is 9.85. The molecular weight excluding hydrogens is 521 g/mol. The van der Waals surface area contributed by atoms with E-state index in [-0.39, 0.29) is 45.7 Å². The number of carbonyl (C=O) groups is 1. The Morgan fingerprint density at radius 1 is 1.16 bits per heavy atom. The van der Waals surface area contributed by atoms with Crippen LogP contribution in [0.25, 0.3) is 0 Å². The van der Waals surface area contributed by atoms with E-state index >= 15 is 0 Å². The lowest BCUT2D eigenvalue weighted by Crippen LogP contribution is -2.43. The van der Waals surface area contributed by atoms with E-state index in [0.717, 1.165) is 11.7 Å². The number of nitrogens with one attached hydrogen (secondary N) is 2. The number of halogens is 1. The van der Waals surface area contributed by atoms with Crippen molar-refractivity contribution in [3.05, 3.63) is 75.8 Å². The van der Waals surface area contributed by atoms with Gasteiger partial charge in [0.2, 0.25) is 19.9 Å². The van der Waals surface area contributed by atoms with Crippen LogP contribution in [0.2, 0.25) is 0 Å². The van der Waals surface area contributed by atoms with E-state index in [1.807, 2.05) is 20.8 Å². The zero-order valence-electron chi connectivity index (χ0n) is 21.0. The third kappa shape index (κ3) is 5.21. The Labute approximate surface area is 215 Å². The van der Waals surface area contributed by atoms with Gasteiger partial charge < -0.3 is 15.3 Å². The first kappa shape index (κ1) is 26.7. The minimum absolute atomic E-state index is 0.0658. The lowest BCUT2D eigenvalue weighted by molar-refractivity contribution is -0.129. The van der Waals surface area contributed by atoms with Gasteiger partial charge in [0.15, 0.2) is 0 Å². The van der Waals surface area contributed by atoms with Crippen LogP contribution < -0.4 is 10.0 Å². The van der Waals surface area contributed by atoms with Gasteiger partial charge in [-0.05, 0) is 47.7 Å². The molecule has 2 aliphatic rings. The smallest absolute Gasteiger partial charge is 0.260 e. The van der Waals surface area contributed by atoms with Crippen LogP contribution >= 0.6 is 0 Å². The van der Waals surface area contributed by atoms with Crippen molar-refractivity contribution >= 4 is 37.1 Å². The van der Waals surface area contributed by atoms with Crippen molar-refractivity contribution in [3.63, 3.8) is 0 Å². The van der Waals surface area contributed by atoms with Gasteiger partial charge in [-0.3, -0.25) is 9.52 Å². The molecule has 2 heterocycles. The second-order valence-electron chi connectivity index (χ2n) is 10.3. The molecular formula is C25H28FN3O6S2. The molecule has 0 saturated carbocycles. The van der Waals surface area contributed by atoms with Gasteiger partial charge in [0.1, 0.15) is 17.1 Å². The molecule has 198 valence electrons. The number of amides is 1. The Balaban J connectivity index is 1.75. The number of aliphatic hydroxyl groups excluding tert-OH is 1. The standard InChI is InChI=1S/C25H28FN3O6S2/c1-14-10-15(6-8-17(14)26)12-29-23(25(2,3)4)22(30)21(24(29)31)19-13-37(34,35)20-11-16(28-36(5,32)33)7-9-18(20)27-19/h6-11,13,23,27-28,30H,12H2,1-5H3/t23-/m1/s1. The van der Waals surface area contributed by atoms with Crippen LogP contribution in [0.5, 0.6) is 0 Å². The molecule has 12 heteroatoms. The summed E-state index contributed by atoms with van der Waals surface area (Å²) in [6.07, 6.45) is 0.947. The maximum atomic E-state index is 13.8. The molecule has 0 radical (unpaired) electrons. The number of sulfonamides is 1. The maximum absolute atomic E-state index is 13.8. The van der Waals surface area contributed by atoms with Crippen LogP contribution in [0.3, 0.4) is 0 Å². The molecule has 0 bridgehead atoms. The highest BCUT2D eigenvalue weighted by Crippen LogP contribution is 2.42. The van der Waals surface area contributed by atoms with Crippen LogP contribution in [0.4, 0.5) is 15.8 Å². The summed E-state index contributed by atoms with van der Waals surface area (Å²) < 4.78 is 65.4. The van der Waals surface area contributed by atoms with E-state index in [0.29, 0.717) is 11.1 Å². The number of anilines is 2. The monoisotopic (exact) mass is 549 g/mol. The highest BCUT2D eigenvalue weighted by molar-refractivity contribution is 7.94. The Bertz CT molecular complexity index is 1590. The van der Waals surface area contributed by atoms with Crippen molar-refractivity contribution < 1.29 is 31.1 Å². The van der Waals surface area contributed by atoms with Gasteiger partial charge in [-0.15, -0.1) is 0 Å². The molecule has 0 aromatic heterocycles. The van der Waals surface area contributed by atoms with Crippen LogP contribution in [0.1, 0.15) is 31.9 Å². The third-order valence-corrected chi connectivity index (χ3v) is 8.20. The Hall–Kier alpha value is -3.38. The number of rotatable bonds is 5. The van der Waals surface area contributed by atoms with Crippen LogP contribution in [0, 0.1) is 18.2 Å². The SMILES string of the molecule is Cc1cc(CN2C(=O)C(C3=CS(=O)(=O)c4cc(NS(C)(=O)=O)ccc4N3)=C(O)[C@@H]2C(C)(C)C)ccc1F. The molecule has 0 fully saturated rings. The second-order valence-corrected chi connectivity index (χ2v) is 13.8. The fraction of sp³-hybridized carbons (Fsp3) is 0.320. The average Bonchev–Trinajstić information content (AvgIpc) is 2.99. The van der Waals surface area contributed by atoms with Crippen molar-refractivity contribution in [3.8, 4) is 0 Å². The Morgan fingerprint density at radius 3 is 2.43 bits per heavy atom. The number of nitrogens with zero attached hydrogens (tertiary/aromatic N) is 1. The topological polar surface area (TPSA) is 133 Å². The number of aryl methyl sites for hydroxylation is 1. The molecule has 37 heavy (non-hydrogen) atoms. The normalized spacial score (nSPS) is 19.4. The fourth-order valence-electron chi connectivity index (χ4n) is 4.60. The number of sulfone groups is 1. The minimum Gasteiger partial charge on any atom is -0.509 e. The Kier molecular flexibility index (Phi) is 6.40. The first-order valence-electron chi connectivity index (χ1n) is 11.3. The molecule has 0 spiro atoms. The number of hydrogen-bond acceptors (Lipinski definition) is 7. The molecule has 2 aromatic carbocycles. The summed E-state index contributed by atoms with van der Waals surface area (Å²) in [5.74, 6) is -1.22. The van der Waals surface area contributed by atoms with E-state index in [9.17, 15) is 31.1 Å². The molecule has 0 saturated heterocycles. The second kappa shape index (κ2) is 8.88. The van der Waals surface area contributed by atoms with Crippen molar-refractivity contribution in [1.82, 2.24) is 4.90 Å². The van der Waals surface area contributed by atoms with Gasteiger partial charge in [0.05, 0.1) is 34.0 Å². The molecule has 1 amide bonds. The first-order valence-corrected chi connectivity index (χ1v) is 14.8. The van der Waals surface area contributed by atoms with Gasteiger partial charge >= 0.3 is 0 Å². The fourth-order valence-corrected chi connectivity index (χ4v) is 6.49. The van der Waals surface area contributed by atoms with Gasteiger partial charge in [0, 0.05) is 12.2 Å². The first-order chi connectivity index (χ1) is 17.0. The number of aliphatic hydroxyl groups is 1. The van der Waals surface area contributed by atoms with E-state index < -0.39 is 37.2 Å².